The van der Waals surface area contributed by atoms with Gasteiger partial charge in [-0.1, -0.05) is 61.0 Å². The highest BCUT2D eigenvalue weighted by molar-refractivity contribution is 14.1. The SMILES string of the molecule is COc1ccc([C@H]2NC(=O)N(C(C(=O)Nc3ccc(I)cc3Cl)C(C)c3ccccc3)C2=O)cc1. The van der Waals surface area contributed by atoms with Gasteiger partial charge in [-0.05, 0) is 64.0 Å². The molecule has 7 nitrogen and oxygen atoms in total. The van der Waals surface area contributed by atoms with Crippen LogP contribution in [0.1, 0.15) is 30.0 Å². The first-order valence-electron chi connectivity index (χ1n) is 10.9. The third-order valence-electron chi connectivity index (χ3n) is 5.95. The molecule has 9 heteroatoms. The van der Waals surface area contributed by atoms with E-state index in [1.807, 2.05) is 43.3 Å². The van der Waals surface area contributed by atoms with Gasteiger partial charge in [0.1, 0.15) is 17.8 Å². The Labute approximate surface area is 221 Å². The summed E-state index contributed by atoms with van der Waals surface area (Å²) in [5.41, 5.74) is 1.81. The van der Waals surface area contributed by atoms with E-state index >= 15 is 0 Å². The van der Waals surface area contributed by atoms with Gasteiger partial charge in [-0.25, -0.2) is 9.69 Å². The molecule has 4 amide bonds. The maximum atomic E-state index is 13.6. The Balaban J connectivity index is 1.68. The summed E-state index contributed by atoms with van der Waals surface area (Å²) in [6.45, 7) is 1.82. The molecule has 0 spiro atoms. The molecule has 3 aromatic rings. The third-order valence-corrected chi connectivity index (χ3v) is 6.94. The minimum absolute atomic E-state index is 0.365. The number of anilines is 1. The summed E-state index contributed by atoms with van der Waals surface area (Å²) < 4.78 is 6.09. The summed E-state index contributed by atoms with van der Waals surface area (Å²) in [6.07, 6.45) is 0. The molecule has 0 aliphatic carbocycles. The predicted octanol–water partition coefficient (Wildman–Crippen LogP) is 5.36. The van der Waals surface area contributed by atoms with Crippen molar-refractivity contribution in [1.82, 2.24) is 10.2 Å². The quantitative estimate of drug-likeness (QED) is 0.281. The molecule has 2 N–H and O–H groups in total. The number of hydrogen-bond donors (Lipinski definition) is 2. The number of rotatable bonds is 7. The van der Waals surface area contributed by atoms with Crippen LogP contribution < -0.4 is 15.4 Å². The Morgan fingerprint density at radius 2 is 1.77 bits per heavy atom. The first kappa shape index (κ1) is 25.0. The highest BCUT2D eigenvalue weighted by Gasteiger charge is 2.47. The third kappa shape index (κ3) is 5.28. The monoisotopic (exact) mass is 603 g/mol. The number of methoxy groups -OCH3 is 1. The number of halogens is 2. The average molecular weight is 604 g/mol. The average Bonchev–Trinajstić information content (AvgIpc) is 3.15. The number of ether oxygens (including phenoxy) is 1. The van der Waals surface area contributed by atoms with E-state index in [0.29, 0.717) is 22.0 Å². The lowest BCUT2D eigenvalue weighted by Gasteiger charge is -2.30. The predicted molar refractivity (Wildman–Crippen MR) is 143 cm³/mol. The van der Waals surface area contributed by atoms with Crippen LogP contribution in [0, 0.1) is 3.57 Å². The lowest BCUT2D eigenvalue weighted by atomic mass is 9.91. The van der Waals surface area contributed by atoms with Gasteiger partial charge < -0.3 is 15.4 Å². The van der Waals surface area contributed by atoms with Crippen LogP contribution in [-0.2, 0) is 9.59 Å². The van der Waals surface area contributed by atoms with E-state index in [1.54, 1.807) is 43.5 Å². The van der Waals surface area contributed by atoms with Crippen LogP contribution in [0.4, 0.5) is 10.5 Å². The Kier molecular flexibility index (Phi) is 7.61. The maximum Gasteiger partial charge on any atom is 0.325 e. The van der Waals surface area contributed by atoms with E-state index in [-0.39, 0.29) is 0 Å². The molecule has 1 saturated heterocycles. The fourth-order valence-corrected chi connectivity index (χ4v) is 4.99. The molecule has 4 rings (SSSR count). The minimum Gasteiger partial charge on any atom is -0.497 e. The van der Waals surface area contributed by atoms with Crippen molar-refractivity contribution >= 4 is 57.7 Å². The highest BCUT2D eigenvalue weighted by atomic mass is 127. The second-order valence-corrected chi connectivity index (χ2v) is 9.77. The number of urea groups is 1. The Hall–Kier alpha value is -3.11. The first-order chi connectivity index (χ1) is 16.8. The zero-order valence-electron chi connectivity index (χ0n) is 19.0. The zero-order valence-corrected chi connectivity index (χ0v) is 21.9. The molecule has 1 fully saturated rings. The number of nitrogens with one attached hydrogen (secondary N) is 2. The number of imide groups is 1. The van der Waals surface area contributed by atoms with Gasteiger partial charge in [0.15, 0.2) is 0 Å². The number of hydrogen-bond acceptors (Lipinski definition) is 4. The van der Waals surface area contributed by atoms with Crippen LogP contribution in [0.25, 0.3) is 0 Å². The maximum absolute atomic E-state index is 13.6. The van der Waals surface area contributed by atoms with Crippen molar-refractivity contribution in [3.63, 3.8) is 0 Å². The topological polar surface area (TPSA) is 87.7 Å². The fraction of sp³-hybridized carbons (Fsp3) is 0.192. The van der Waals surface area contributed by atoms with E-state index in [4.69, 9.17) is 16.3 Å². The van der Waals surface area contributed by atoms with Crippen molar-refractivity contribution in [2.45, 2.75) is 24.9 Å². The smallest absolute Gasteiger partial charge is 0.325 e. The van der Waals surface area contributed by atoms with E-state index in [2.05, 4.69) is 33.2 Å². The van der Waals surface area contributed by atoms with E-state index in [0.717, 1.165) is 14.0 Å². The van der Waals surface area contributed by atoms with Gasteiger partial charge in [0, 0.05) is 9.49 Å². The normalized spacial score (nSPS) is 17.0. The minimum atomic E-state index is -1.11. The number of benzene rings is 3. The first-order valence-corrected chi connectivity index (χ1v) is 12.3. The van der Waals surface area contributed by atoms with Gasteiger partial charge >= 0.3 is 6.03 Å². The molecule has 0 saturated carbocycles. The van der Waals surface area contributed by atoms with Crippen LogP contribution in [0.15, 0.2) is 72.8 Å². The van der Waals surface area contributed by atoms with E-state index in [1.165, 1.54) is 0 Å². The summed E-state index contributed by atoms with van der Waals surface area (Å²) in [7, 11) is 1.55. The fourth-order valence-electron chi connectivity index (χ4n) is 4.08. The molecule has 0 radical (unpaired) electrons. The molecule has 35 heavy (non-hydrogen) atoms. The van der Waals surface area contributed by atoms with Gasteiger partial charge in [0.2, 0.25) is 5.91 Å². The van der Waals surface area contributed by atoms with Crippen molar-refractivity contribution < 1.29 is 19.1 Å². The second-order valence-electron chi connectivity index (χ2n) is 8.12. The molecule has 1 aliphatic rings. The van der Waals surface area contributed by atoms with Crippen LogP contribution in [0.5, 0.6) is 5.75 Å². The number of carbonyl (C=O) groups is 3. The highest BCUT2D eigenvalue weighted by Crippen LogP contribution is 2.32. The molecule has 2 unspecified atom stereocenters. The van der Waals surface area contributed by atoms with Gasteiger partial charge in [-0.3, -0.25) is 9.59 Å². The summed E-state index contributed by atoms with van der Waals surface area (Å²) in [6, 6.07) is 18.7. The van der Waals surface area contributed by atoms with Crippen LogP contribution in [0.2, 0.25) is 5.02 Å². The lowest BCUT2D eigenvalue weighted by Crippen LogP contribution is -2.50. The standard InChI is InChI=1S/C26H23ClIN3O4/c1-15(16-6-4-3-5-7-16)23(24(32)29-21-13-10-18(28)14-20(21)27)31-25(33)22(30-26(31)34)17-8-11-19(35-2)12-9-17/h3-15,22-23H,1-2H3,(H,29,32)(H,30,34)/t15?,22-,23?/m1/s1. The molecule has 3 aromatic carbocycles. The van der Waals surface area contributed by atoms with E-state index in [9.17, 15) is 14.4 Å². The molecule has 1 heterocycles. The molecule has 3 atom stereocenters. The van der Waals surface area contributed by atoms with E-state index < -0.39 is 35.8 Å². The lowest BCUT2D eigenvalue weighted by molar-refractivity contribution is -0.134. The Morgan fingerprint density at radius 3 is 2.40 bits per heavy atom. The summed E-state index contributed by atoms with van der Waals surface area (Å²) in [4.78, 5) is 41.2. The van der Waals surface area contributed by atoms with Crippen LogP contribution in [-0.4, -0.2) is 35.9 Å². The molecular weight excluding hydrogens is 581 g/mol. The van der Waals surface area contributed by atoms with Gasteiger partial charge in [0.25, 0.3) is 5.91 Å². The van der Waals surface area contributed by atoms with Gasteiger partial charge in [-0.2, -0.15) is 0 Å². The van der Waals surface area contributed by atoms with Gasteiger partial charge in [-0.15, -0.1) is 0 Å². The Morgan fingerprint density at radius 1 is 1.09 bits per heavy atom. The molecular formula is C26H23ClIN3O4. The van der Waals surface area contributed by atoms with Crippen molar-refractivity contribution in [2.24, 2.45) is 0 Å². The molecule has 0 bridgehead atoms. The summed E-state index contributed by atoms with van der Waals surface area (Å²) in [5.74, 6) is -0.866. The van der Waals surface area contributed by atoms with Crippen LogP contribution in [0.3, 0.4) is 0 Å². The Bertz CT molecular complexity index is 1250. The number of carbonyl (C=O) groups excluding carboxylic acids is 3. The molecule has 1 aliphatic heterocycles. The van der Waals surface area contributed by atoms with Crippen LogP contribution >= 0.6 is 34.2 Å². The molecule has 0 aromatic heterocycles. The molecule has 180 valence electrons. The largest absolute Gasteiger partial charge is 0.497 e. The van der Waals surface area contributed by atoms with Crippen molar-refractivity contribution in [2.75, 3.05) is 12.4 Å². The summed E-state index contributed by atoms with van der Waals surface area (Å²) in [5, 5.41) is 5.90. The summed E-state index contributed by atoms with van der Waals surface area (Å²) >= 11 is 8.46. The van der Waals surface area contributed by atoms with Crippen molar-refractivity contribution in [3.8, 4) is 5.75 Å². The number of nitrogens with zero attached hydrogens (tertiary/aromatic N) is 1. The second kappa shape index (κ2) is 10.7. The van der Waals surface area contributed by atoms with Gasteiger partial charge in [0.05, 0.1) is 17.8 Å². The number of amides is 4. The zero-order chi connectivity index (χ0) is 25.1. The van der Waals surface area contributed by atoms with Crippen molar-refractivity contribution in [3.05, 3.63) is 92.5 Å². The van der Waals surface area contributed by atoms with Crippen molar-refractivity contribution in [1.29, 1.82) is 0 Å².